The number of imide groups is 1. The molecule has 0 aliphatic carbocycles. The smallest absolute Gasteiger partial charge is 0.324 e. The highest BCUT2D eigenvalue weighted by atomic mass is 32.2. The number of nitrogens with zero attached hydrogens (tertiary/aromatic N) is 2. The van der Waals surface area contributed by atoms with Gasteiger partial charge in [0, 0.05) is 11.4 Å². The lowest BCUT2D eigenvalue weighted by Gasteiger charge is -2.10. The molecule has 0 spiro atoms. The van der Waals surface area contributed by atoms with Gasteiger partial charge in [0.15, 0.2) is 0 Å². The fraction of sp³-hybridized carbons (Fsp3) is 0.353. The summed E-state index contributed by atoms with van der Waals surface area (Å²) in [4.78, 5) is 28.4. The zero-order chi connectivity index (χ0) is 21.0. The number of ether oxygens (including phenoxy) is 1. The molecule has 3 rings (SSSR count). The number of urea groups is 1. The number of benzene rings is 1. The fourth-order valence-electron chi connectivity index (χ4n) is 2.49. The molecule has 1 aromatic carbocycles. The molecule has 1 aromatic heterocycles. The molecule has 1 unspecified atom stereocenters. The minimum absolute atomic E-state index is 0.00876. The van der Waals surface area contributed by atoms with E-state index < -0.39 is 22.2 Å². The average Bonchev–Trinajstić information content (AvgIpc) is 3.24. The van der Waals surface area contributed by atoms with Crippen molar-refractivity contribution in [1.82, 2.24) is 19.9 Å². The summed E-state index contributed by atoms with van der Waals surface area (Å²) in [5.74, 6) is -0.113. The number of carbonyl (C=O) groups is 2. The first-order valence-corrected chi connectivity index (χ1v) is 11.0. The van der Waals surface area contributed by atoms with E-state index in [0.717, 1.165) is 0 Å². The number of halogens is 1. The molecule has 2 aromatic rings. The Hall–Kier alpha value is -2.57. The summed E-state index contributed by atoms with van der Waals surface area (Å²) in [5, 5.41) is 4.39. The second-order valence-electron chi connectivity index (χ2n) is 6.33. The Morgan fingerprint density at radius 1 is 1.41 bits per heavy atom. The highest BCUT2D eigenvalue weighted by Crippen LogP contribution is 2.19. The number of aromatic nitrogens is 1. The summed E-state index contributed by atoms with van der Waals surface area (Å²) >= 11 is 1.24. The minimum atomic E-state index is -3.82. The Labute approximate surface area is 170 Å². The third kappa shape index (κ3) is 5.71. The summed E-state index contributed by atoms with van der Waals surface area (Å²) in [6.45, 7) is 1.27. The molecule has 1 aliphatic heterocycles. The van der Waals surface area contributed by atoms with Crippen molar-refractivity contribution < 1.29 is 27.1 Å². The van der Waals surface area contributed by atoms with Crippen LogP contribution < -0.4 is 14.8 Å². The number of thiazole rings is 1. The zero-order valence-electron chi connectivity index (χ0n) is 15.4. The zero-order valence-corrected chi connectivity index (χ0v) is 17.1. The molecule has 29 heavy (non-hydrogen) atoms. The molecule has 1 aliphatic rings. The van der Waals surface area contributed by atoms with Crippen LogP contribution in [0.15, 0.2) is 34.5 Å². The highest BCUT2D eigenvalue weighted by Gasteiger charge is 2.27. The van der Waals surface area contributed by atoms with Crippen molar-refractivity contribution in [1.29, 1.82) is 0 Å². The normalized spacial score (nSPS) is 15.4. The predicted octanol–water partition coefficient (Wildman–Crippen LogP) is 1.41. The molecule has 2 heterocycles. The SMILES string of the molecule is CC(F)COc1cccc(S(=O)(=O)NCc2nc(CN3CC(=O)NC3=O)cs2)c1. The monoisotopic (exact) mass is 442 g/mol. The third-order valence-corrected chi connectivity index (χ3v) is 6.13. The Bertz CT molecular complexity index is 1010. The van der Waals surface area contributed by atoms with Crippen LogP contribution in [0.4, 0.5) is 9.18 Å². The molecule has 0 bridgehead atoms. The van der Waals surface area contributed by atoms with Crippen molar-refractivity contribution in [3.63, 3.8) is 0 Å². The predicted molar refractivity (Wildman–Crippen MR) is 103 cm³/mol. The van der Waals surface area contributed by atoms with Crippen LogP contribution in [0.2, 0.25) is 0 Å². The largest absolute Gasteiger partial charge is 0.491 e. The van der Waals surface area contributed by atoms with Gasteiger partial charge in [-0.3, -0.25) is 10.1 Å². The lowest BCUT2D eigenvalue weighted by atomic mass is 10.3. The van der Waals surface area contributed by atoms with E-state index in [0.29, 0.717) is 10.7 Å². The van der Waals surface area contributed by atoms with Crippen molar-refractivity contribution in [3.05, 3.63) is 40.3 Å². The van der Waals surface area contributed by atoms with Crippen LogP contribution in [0.3, 0.4) is 0 Å². The maximum absolute atomic E-state index is 12.9. The van der Waals surface area contributed by atoms with Crippen molar-refractivity contribution in [3.8, 4) is 5.75 Å². The van der Waals surface area contributed by atoms with Crippen LogP contribution >= 0.6 is 11.3 Å². The number of nitrogens with one attached hydrogen (secondary N) is 2. The van der Waals surface area contributed by atoms with Gasteiger partial charge < -0.3 is 9.64 Å². The quantitative estimate of drug-likeness (QED) is 0.567. The van der Waals surface area contributed by atoms with Gasteiger partial charge in [-0.2, -0.15) is 0 Å². The molecule has 1 atom stereocenters. The number of carbonyl (C=O) groups excluding carboxylic acids is 2. The molecular formula is C17H19FN4O5S2. The molecule has 1 saturated heterocycles. The maximum atomic E-state index is 12.9. The van der Waals surface area contributed by atoms with E-state index in [1.807, 2.05) is 0 Å². The average molecular weight is 442 g/mol. The van der Waals surface area contributed by atoms with E-state index in [9.17, 15) is 22.4 Å². The van der Waals surface area contributed by atoms with E-state index in [2.05, 4.69) is 15.0 Å². The molecule has 3 amide bonds. The fourth-order valence-corrected chi connectivity index (χ4v) is 4.33. The standard InChI is InChI=1S/C17H19FN4O5S2/c1-11(18)9-27-13-3-2-4-14(5-13)29(25,26)19-6-16-20-12(10-28-16)7-22-8-15(23)21-17(22)24/h2-5,10-11,19H,6-9H2,1H3,(H,21,23,24). The van der Waals surface area contributed by atoms with Gasteiger partial charge in [0.25, 0.3) is 0 Å². The molecule has 2 N–H and O–H groups in total. The summed E-state index contributed by atoms with van der Waals surface area (Å²) in [5.41, 5.74) is 0.560. The van der Waals surface area contributed by atoms with Gasteiger partial charge in [-0.15, -0.1) is 11.3 Å². The van der Waals surface area contributed by atoms with Gasteiger partial charge in [-0.25, -0.2) is 27.3 Å². The van der Waals surface area contributed by atoms with Crippen molar-refractivity contribution in [2.45, 2.75) is 31.1 Å². The Morgan fingerprint density at radius 3 is 2.90 bits per heavy atom. The Balaban J connectivity index is 1.59. The lowest BCUT2D eigenvalue weighted by molar-refractivity contribution is -0.118. The summed E-state index contributed by atoms with van der Waals surface area (Å²) in [7, 11) is -3.82. The van der Waals surface area contributed by atoms with Gasteiger partial charge in [0.05, 0.1) is 23.7 Å². The van der Waals surface area contributed by atoms with Gasteiger partial charge in [-0.05, 0) is 19.1 Å². The number of amides is 3. The second kappa shape index (κ2) is 8.84. The van der Waals surface area contributed by atoms with Gasteiger partial charge in [0.2, 0.25) is 15.9 Å². The van der Waals surface area contributed by atoms with E-state index in [4.69, 9.17) is 4.74 Å². The first-order chi connectivity index (χ1) is 13.7. The van der Waals surface area contributed by atoms with E-state index in [1.165, 1.54) is 41.4 Å². The van der Waals surface area contributed by atoms with Crippen molar-refractivity contribution in [2.75, 3.05) is 13.2 Å². The first-order valence-electron chi connectivity index (χ1n) is 8.61. The molecular weight excluding hydrogens is 423 g/mol. The van der Waals surface area contributed by atoms with E-state index >= 15 is 0 Å². The van der Waals surface area contributed by atoms with Crippen LogP contribution in [0.25, 0.3) is 0 Å². The van der Waals surface area contributed by atoms with Gasteiger partial charge in [0.1, 0.15) is 30.1 Å². The summed E-state index contributed by atoms with van der Waals surface area (Å²) in [6.07, 6.45) is -1.17. The molecule has 0 saturated carbocycles. The Kier molecular flexibility index (Phi) is 6.45. The molecule has 0 radical (unpaired) electrons. The highest BCUT2D eigenvalue weighted by molar-refractivity contribution is 7.89. The molecule has 1 fully saturated rings. The van der Waals surface area contributed by atoms with Crippen LogP contribution in [0, 0.1) is 0 Å². The topological polar surface area (TPSA) is 118 Å². The number of alkyl halides is 1. The minimum Gasteiger partial charge on any atom is -0.491 e. The van der Waals surface area contributed by atoms with Crippen LogP contribution in [-0.4, -0.2) is 49.6 Å². The number of hydrogen-bond acceptors (Lipinski definition) is 7. The summed E-state index contributed by atoms with van der Waals surface area (Å²) < 4.78 is 45.6. The van der Waals surface area contributed by atoms with E-state index in [-0.39, 0.29) is 42.8 Å². The van der Waals surface area contributed by atoms with Crippen LogP contribution in [-0.2, 0) is 27.9 Å². The third-order valence-electron chi connectivity index (χ3n) is 3.83. The number of rotatable bonds is 9. The molecule has 156 valence electrons. The van der Waals surface area contributed by atoms with Crippen LogP contribution in [0.5, 0.6) is 5.75 Å². The maximum Gasteiger partial charge on any atom is 0.324 e. The van der Waals surface area contributed by atoms with Crippen LogP contribution in [0.1, 0.15) is 17.6 Å². The number of hydrogen-bond donors (Lipinski definition) is 2. The van der Waals surface area contributed by atoms with E-state index in [1.54, 1.807) is 11.4 Å². The first kappa shape index (κ1) is 21.1. The second-order valence-corrected chi connectivity index (χ2v) is 9.04. The van der Waals surface area contributed by atoms with Crippen molar-refractivity contribution >= 4 is 33.3 Å². The molecule has 9 nitrogen and oxygen atoms in total. The Morgan fingerprint density at radius 2 is 2.21 bits per heavy atom. The van der Waals surface area contributed by atoms with Gasteiger partial charge in [-0.1, -0.05) is 6.07 Å². The summed E-state index contributed by atoms with van der Waals surface area (Å²) in [6, 6.07) is 5.31. The van der Waals surface area contributed by atoms with Gasteiger partial charge >= 0.3 is 6.03 Å². The van der Waals surface area contributed by atoms with Crippen molar-refractivity contribution in [2.24, 2.45) is 0 Å². The lowest BCUT2D eigenvalue weighted by Crippen LogP contribution is -2.28. The number of sulfonamides is 1. The molecule has 12 heteroatoms.